The minimum atomic E-state index is -0.296. The second kappa shape index (κ2) is 10.8. The second-order valence-electron chi connectivity index (χ2n) is 9.37. The number of nitrogens with one attached hydrogen (secondary N) is 1. The van der Waals surface area contributed by atoms with Gasteiger partial charge < -0.3 is 15.0 Å². The molecule has 2 fully saturated rings. The Kier molecular flexibility index (Phi) is 7.65. The summed E-state index contributed by atoms with van der Waals surface area (Å²) in [6.45, 7) is 5.95. The summed E-state index contributed by atoms with van der Waals surface area (Å²) in [7, 11) is 1.63. The predicted molar refractivity (Wildman–Crippen MR) is 129 cm³/mol. The Morgan fingerprint density at radius 1 is 1.00 bits per heavy atom. The maximum atomic E-state index is 12.7. The lowest BCUT2D eigenvalue weighted by Crippen LogP contribution is -2.36. The Morgan fingerprint density at radius 2 is 1.67 bits per heavy atom. The minimum absolute atomic E-state index is 0.0299. The van der Waals surface area contributed by atoms with Crippen molar-refractivity contribution in [1.82, 2.24) is 15.1 Å². The molecule has 2 heterocycles. The van der Waals surface area contributed by atoms with Crippen LogP contribution in [-0.2, 0) is 29.2 Å². The zero-order valence-electron chi connectivity index (χ0n) is 19.8. The van der Waals surface area contributed by atoms with Crippen molar-refractivity contribution in [3.63, 3.8) is 0 Å². The van der Waals surface area contributed by atoms with Gasteiger partial charge in [-0.3, -0.25) is 14.5 Å². The van der Waals surface area contributed by atoms with Crippen LogP contribution in [0.3, 0.4) is 0 Å². The first-order valence-corrected chi connectivity index (χ1v) is 12.0. The summed E-state index contributed by atoms with van der Waals surface area (Å²) in [5.74, 6) is 0.475. The predicted octanol–water partition coefficient (Wildman–Crippen LogP) is 3.73. The summed E-state index contributed by atoms with van der Waals surface area (Å²) >= 11 is 0. The fourth-order valence-electron chi connectivity index (χ4n) is 4.77. The molecule has 2 unspecified atom stereocenters. The number of amides is 2. The van der Waals surface area contributed by atoms with Crippen LogP contribution in [0.15, 0.2) is 48.5 Å². The van der Waals surface area contributed by atoms with Gasteiger partial charge in [0.1, 0.15) is 5.75 Å². The lowest BCUT2D eigenvalue weighted by Gasteiger charge is -2.33. The van der Waals surface area contributed by atoms with Gasteiger partial charge in [-0.25, -0.2) is 0 Å². The van der Waals surface area contributed by atoms with E-state index >= 15 is 0 Å². The van der Waals surface area contributed by atoms with E-state index in [1.807, 2.05) is 24.3 Å². The summed E-state index contributed by atoms with van der Waals surface area (Å²) in [5, 5.41) is 3.02. The van der Waals surface area contributed by atoms with E-state index in [0.717, 1.165) is 23.4 Å². The van der Waals surface area contributed by atoms with E-state index in [1.165, 1.54) is 31.4 Å². The van der Waals surface area contributed by atoms with Crippen molar-refractivity contribution in [3.8, 4) is 5.75 Å². The number of carbonyl (C=O) groups is 2. The van der Waals surface area contributed by atoms with E-state index < -0.39 is 0 Å². The molecule has 176 valence electrons. The molecule has 4 rings (SSSR count). The van der Waals surface area contributed by atoms with Gasteiger partial charge in [-0.15, -0.1) is 0 Å². The van der Waals surface area contributed by atoms with Gasteiger partial charge in [-0.05, 0) is 55.1 Å². The van der Waals surface area contributed by atoms with Gasteiger partial charge in [0, 0.05) is 38.6 Å². The van der Waals surface area contributed by atoms with Crippen LogP contribution >= 0.6 is 0 Å². The molecule has 6 heteroatoms. The highest BCUT2D eigenvalue weighted by atomic mass is 16.5. The normalized spacial score (nSPS) is 21.3. The van der Waals surface area contributed by atoms with Crippen LogP contribution in [0.25, 0.3) is 0 Å². The lowest BCUT2D eigenvalue weighted by molar-refractivity contribution is -0.129. The molecule has 0 aromatic heterocycles. The molecule has 0 bridgehead atoms. The number of carbonyl (C=O) groups excluding carboxylic acids is 2. The highest BCUT2D eigenvalue weighted by Gasteiger charge is 2.34. The summed E-state index contributed by atoms with van der Waals surface area (Å²) in [6, 6.07) is 16.9. The molecule has 1 N–H and O–H groups in total. The van der Waals surface area contributed by atoms with Crippen LogP contribution in [0.4, 0.5) is 0 Å². The van der Waals surface area contributed by atoms with E-state index in [1.54, 1.807) is 12.0 Å². The third kappa shape index (κ3) is 6.14. The zero-order chi connectivity index (χ0) is 23.2. The Labute approximate surface area is 196 Å². The molecule has 0 aliphatic carbocycles. The molecular weight excluding hydrogens is 414 g/mol. The van der Waals surface area contributed by atoms with Crippen molar-refractivity contribution < 1.29 is 14.3 Å². The number of hydrogen-bond donors (Lipinski definition) is 1. The molecule has 33 heavy (non-hydrogen) atoms. The molecule has 2 aliphatic rings. The van der Waals surface area contributed by atoms with Gasteiger partial charge in [0.2, 0.25) is 11.8 Å². The van der Waals surface area contributed by atoms with Gasteiger partial charge in [0.15, 0.2) is 0 Å². The monoisotopic (exact) mass is 449 g/mol. The Bertz CT molecular complexity index is 942. The number of piperidine rings is 1. The smallest absolute Gasteiger partial charge is 0.225 e. The molecule has 0 radical (unpaired) electrons. The van der Waals surface area contributed by atoms with Crippen LogP contribution in [0.1, 0.15) is 49.3 Å². The van der Waals surface area contributed by atoms with Gasteiger partial charge in [0.05, 0.1) is 13.0 Å². The lowest BCUT2D eigenvalue weighted by atomic mass is 10.0. The van der Waals surface area contributed by atoms with Crippen LogP contribution in [0.5, 0.6) is 5.75 Å². The van der Waals surface area contributed by atoms with Crippen LogP contribution in [0.2, 0.25) is 0 Å². The molecular formula is C27H35N3O3. The third-order valence-corrected chi connectivity index (χ3v) is 6.93. The first-order chi connectivity index (χ1) is 16.0. The molecule has 2 aliphatic heterocycles. The molecule has 2 amide bonds. The summed E-state index contributed by atoms with van der Waals surface area (Å²) in [6.07, 6.45) is 4.18. The highest BCUT2D eigenvalue weighted by molar-refractivity contribution is 5.89. The number of hydrogen-bond acceptors (Lipinski definition) is 4. The van der Waals surface area contributed by atoms with E-state index in [9.17, 15) is 9.59 Å². The molecule has 2 atom stereocenters. The number of ether oxygens (including phenoxy) is 1. The number of benzene rings is 2. The quantitative estimate of drug-likeness (QED) is 0.667. The minimum Gasteiger partial charge on any atom is -0.497 e. The number of likely N-dealkylation sites (tertiary alicyclic amines) is 2. The number of rotatable bonds is 8. The van der Waals surface area contributed by atoms with Crippen molar-refractivity contribution in [1.29, 1.82) is 0 Å². The van der Waals surface area contributed by atoms with E-state index in [2.05, 4.69) is 41.4 Å². The van der Waals surface area contributed by atoms with Crippen molar-refractivity contribution in [3.05, 3.63) is 65.2 Å². The van der Waals surface area contributed by atoms with E-state index in [4.69, 9.17) is 4.74 Å². The topological polar surface area (TPSA) is 61.9 Å². The zero-order valence-corrected chi connectivity index (χ0v) is 19.8. The van der Waals surface area contributed by atoms with Gasteiger partial charge in [-0.2, -0.15) is 0 Å². The van der Waals surface area contributed by atoms with Crippen LogP contribution in [0, 0.1) is 5.92 Å². The fourth-order valence-corrected chi connectivity index (χ4v) is 4.77. The van der Waals surface area contributed by atoms with Crippen molar-refractivity contribution >= 4 is 11.8 Å². The Balaban J connectivity index is 1.24. The van der Waals surface area contributed by atoms with E-state index in [0.29, 0.717) is 25.7 Å². The van der Waals surface area contributed by atoms with Crippen molar-refractivity contribution in [2.24, 2.45) is 5.92 Å². The van der Waals surface area contributed by atoms with Crippen molar-refractivity contribution in [2.75, 3.05) is 20.2 Å². The second-order valence-corrected chi connectivity index (χ2v) is 9.37. The molecule has 6 nitrogen and oxygen atoms in total. The Hall–Kier alpha value is -2.86. The molecule has 0 spiro atoms. The van der Waals surface area contributed by atoms with Gasteiger partial charge in [-0.1, -0.05) is 42.8 Å². The van der Waals surface area contributed by atoms with Gasteiger partial charge >= 0.3 is 0 Å². The SMILES string of the molecule is COc1ccc(CN2CC(C(=O)NCc3ccc(CN4CCCCC4C)cc3)CC2=O)cc1. The first kappa shape index (κ1) is 23.3. The van der Waals surface area contributed by atoms with E-state index in [-0.39, 0.29) is 24.2 Å². The largest absolute Gasteiger partial charge is 0.497 e. The van der Waals surface area contributed by atoms with Crippen LogP contribution < -0.4 is 10.1 Å². The summed E-state index contributed by atoms with van der Waals surface area (Å²) in [5.41, 5.74) is 3.43. The molecule has 2 saturated heterocycles. The maximum Gasteiger partial charge on any atom is 0.225 e. The summed E-state index contributed by atoms with van der Waals surface area (Å²) < 4.78 is 5.18. The average Bonchev–Trinajstić information content (AvgIpc) is 3.20. The maximum absolute atomic E-state index is 12.7. The molecule has 2 aromatic rings. The molecule has 2 aromatic carbocycles. The Morgan fingerprint density at radius 3 is 2.36 bits per heavy atom. The third-order valence-electron chi connectivity index (χ3n) is 6.93. The first-order valence-electron chi connectivity index (χ1n) is 12.0. The standard InChI is InChI=1S/C27H35N3O3/c1-20-5-3-4-14-29(20)17-22-8-6-21(7-9-22)16-28-27(32)24-15-26(31)30(19-24)18-23-10-12-25(33-2)13-11-23/h6-13,20,24H,3-5,14-19H2,1-2H3,(H,28,32). The summed E-state index contributed by atoms with van der Waals surface area (Å²) in [4.78, 5) is 29.4. The number of methoxy groups -OCH3 is 1. The van der Waals surface area contributed by atoms with Gasteiger partial charge in [0.25, 0.3) is 0 Å². The highest BCUT2D eigenvalue weighted by Crippen LogP contribution is 2.22. The van der Waals surface area contributed by atoms with Crippen LogP contribution in [-0.4, -0.2) is 47.9 Å². The average molecular weight is 450 g/mol. The number of nitrogens with zero attached hydrogens (tertiary/aromatic N) is 2. The molecule has 0 saturated carbocycles. The van der Waals surface area contributed by atoms with Crippen molar-refractivity contribution in [2.45, 2.75) is 58.3 Å². The fraction of sp³-hybridized carbons (Fsp3) is 0.481.